The van der Waals surface area contributed by atoms with Gasteiger partial charge in [-0.25, -0.2) is 0 Å². The number of carbonyl (C=O) groups is 1. The van der Waals surface area contributed by atoms with Crippen LogP contribution in [0.3, 0.4) is 0 Å². The normalized spacial score (nSPS) is 18.1. The van der Waals surface area contributed by atoms with Crippen molar-refractivity contribution in [1.82, 2.24) is 0 Å². The number of hydrogen-bond acceptors (Lipinski definition) is 5. The van der Waals surface area contributed by atoms with Crippen LogP contribution in [-0.4, -0.2) is 28.0 Å². The molecule has 0 N–H and O–H groups in total. The predicted octanol–water partition coefficient (Wildman–Crippen LogP) is 8.46. The van der Waals surface area contributed by atoms with E-state index in [1.54, 1.807) is 0 Å². The predicted molar refractivity (Wildman–Crippen MR) is 162 cm³/mol. The summed E-state index contributed by atoms with van der Waals surface area (Å²) in [6.07, 6.45) is 2.21. The summed E-state index contributed by atoms with van der Waals surface area (Å²) in [5.41, 5.74) is 8.73. The van der Waals surface area contributed by atoms with Crippen LogP contribution >= 0.6 is 0 Å². The first-order chi connectivity index (χ1) is 18.9. The van der Waals surface area contributed by atoms with Gasteiger partial charge in [-0.15, -0.1) is 0 Å². The summed E-state index contributed by atoms with van der Waals surface area (Å²) in [5.74, 6) is 2.37. The molecule has 3 aromatic carbocycles. The average Bonchev–Trinajstić information content (AvgIpc) is 3.47. The molecule has 40 heavy (non-hydrogen) atoms. The fraction of sp³-hybridized carbons (Fsp3) is 0.441. The number of carbonyl (C=O) groups excluding carboxylic acids is 1. The van der Waals surface area contributed by atoms with Gasteiger partial charge in [-0.05, 0) is 96.4 Å². The van der Waals surface area contributed by atoms with Gasteiger partial charge in [0.2, 0.25) is 8.32 Å². The van der Waals surface area contributed by atoms with Gasteiger partial charge in [0.25, 0.3) is 0 Å². The van der Waals surface area contributed by atoms with Crippen molar-refractivity contribution in [3.63, 3.8) is 0 Å². The lowest BCUT2D eigenvalue weighted by Gasteiger charge is -2.36. The van der Waals surface area contributed by atoms with Crippen molar-refractivity contribution >= 4 is 14.3 Å². The van der Waals surface area contributed by atoms with Crippen LogP contribution in [0.1, 0.15) is 73.5 Å². The molecule has 2 aliphatic rings. The summed E-state index contributed by atoms with van der Waals surface area (Å²) in [7, 11) is -0.497. The van der Waals surface area contributed by atoms with Gasteiger partial charge in [0.15, 0.2) is 0 Å². The van der Waals surface area contributed by atoms with Crippen molar-refractivity contribution in [2.24, 2.45) is 0 Å². The summed E-state index contributed by atoms with van der Waals surface area (Å²) in [6.45, 7) is 16.3. The molecule has 0 fully saturated rings. The van der Waals surface area contributed by atoms with E-state index in [0.717, 1.165) is 35.7 Å². The van der Waals surface area contributed by atoms with Gasteiger partial charge in [-0.1, -0.05) is 45.0 Å². The van der Waals surface area contributed by atoms with Crippen LogP contribution in [0, 0.1) is 13.8 Å². The fourth-order valence-electron chi connectivity index (χ4n) is 5.78. The fourth-order valence-corrected chi connectivity index (χ4v) is 6.79. The second-order valence-corrected chi connectivity index (χ2v) is 17.5. The molecule has 1 aliphatic carbocycles. The van der Waals surface area contributed by atoms with E-state index in [0.29, 0.717) is 13.0 Å². The molecule has 0 amide bonds. The van der Waals surface area contributed by atoms with Crippen LogP contribution in [0.25, 0.3) is 11.1 Å². The first-order valence-electron chi connectivity index (χ1n) is 14.3. The number of hydrogen-bond donors (Lipinski definition) is 0. The van der Waals surface area contributed by atoms with Crippen molar-refractivity contribution in [3.05, 3.63) is 76.3 Å². The molecule has 0 saturated heterocycles. The zero-order valence-corrected chi connectivity index (χ0v) is 26.1. The Morgan fingerprint density at radius 1 is 1.00 bits per heavy atom. The maximum absolute atomic E-state index is 11.8. The lowest BCUT2D eigenvalue weighted by atomic mass is 9.90. The van der Waals surface area contributed by atoms with Crippen molar-refractivity contribution in [1.29, 1.82) is 0 Å². The van der Waals surface area contributed by atoms with Crippen LogP contribution in [0.2, 0.25) is 18.1 Å². The van der Waals surface area contributed by atoms with E-state index in [1.165, 1.54) is 40.5 Å². The number of fused-ring (bicyclic) bond motifs is 2. The van der Waals surface area contributed by atoms with Gasteiger partial charge in [-0.2, -0.15) is 0 Å². The van der Waals surface area contributed by atoms with Crippen LogP contribution in [0.15, 0.2) is 48.5 Å². The molecule has 3 aromatic rings. The number of aryl methyl sites for hydroxylation is 2. The molecule has 0 bridgehead atoms. The third-order valence-corrected chi connectivity index (χ3v) is 13.3. The van der Waals surface area contributed by atoms with Gasteiger partial charge >= 0.3 is 5.97 Å². The molecule has 0 spiro atoms. The van der Waals surface area contributed by atoms with E-state index in [4.69, 9.17) is 18.6 Å². The van der Waals surface area contributed by atoms with Crippen LogP contribution in [0.4, 0.5) is 0 Å². The quantitative estimate of drug-likeness (QED) is 0.215. The monoisotopic (exact) mass is 558 g/mol. The lowest BCUT2D eigenvalue weighted by molar-refractivity contribution is -0.141. The molecule has 0 aromatic heterocycles. The Labute approximate surface area is 239 Å². The van der Waals surface area contributed by atoms with Crippen molar-refractivity contribution in [2.75, 3.05) is 13.7 Å². The van der Waals surface area contributed by atoms with Gasteiger partial charge < -0.3 is 18.6 Å². The summed E-state index contributed by atoms with van der Waals surface area (Å²) in [5, 5.41) is 0.151. The first kappa shape index (κ1) is 28.3. The summed E-state index contributed by atoms with van der Waals surface area (Å²) >= 11 is 0. The Hall–Kier alpha value is -3.25. The van der Waals surface area contributed by atoms with Crippen LogP contribution in [0.5, 0.6) is 17.2 Å². The SMILES string of the molecule is COC(=O)CC1COc2cc(O[C@@H]3CCc4c(-c5c(C)cc(O[Si](C)(C)C(C)(C)C)cc5C)cccc43)ccc21. The van der Waals surface area contributed by atoms with Crippen molar-refractivity contribution < 1.29 is 23.4 Å². The molecule has 1 unspecified atom stereocenters. The second-order valence-electron chi connectivity index (χ2n) is 12.8. The highest BCUT2D eigenvalue weighted by Crippen LogP contribution is 2.45. The number of ether oxygens (including phenoxy) is 3. The van der Waals surface area contributed by atoms with E-state index >= 15 is 0 Å². The highest BCUT2D eigenvalue weighted by molar-refractivity contribution is 6.74. The Balaban J connectivity index is 1.38. The molecule has 5 nitrogen and oxygen atoms in total. The van der Waals surface area contributed by atoms with Crippen LogP contribution < -0.4 is 13.9 Å². The zero-order valence-electron chi connectivity index (χ0n) is 25.1. The largest absolute Gasteiger partial charge is 0.543 e. The minimum Gasteiger partial charge on any atom is -0.543 e. The smallest absolute Gasteiger partial charge is 0.306 e. The number of esters is 1. The van der Waals surface area contributed by atoms with E-state index in [-0.39, 0.29) is 23.0 Å². The van der Waals surface area contributed by atoms with E-state index < -0.39 is 8.32 Å². The van der Waals surface area contributed by atoms with E-state index in [1.807, 2.05) is 18.2 Å². The Kier molecular flexibility index (Phi) is 7.51. The molecule has 0 radical (unpaired) electrons. The summed E-state index contributed by atoms with van der Waals surface area (Å²) in [6, 6.07) is 17.0. The van der Waals surface area contributed by atoms with Gasteiger partial charge in [0.1, 0.15) is 23.4 Å². The minimum atomic E-state index is -1.92. The molecular formula is C34H42O5Si. The van der Waals surface area contributed by atoms with E-state index in [9.17, 15) is 4.79 Å². The molecule has 1 heterocycles. The Morgan fingerprint density at radius 2 is 1.73 bits per heavy atom. The number of benzene rings is 3. The molecule has 0 saturated carbocycles. The van der Waals surface area contributed by atoms with Gasteiger partial charge in [0, 0.05) is 17.5 Å². The highest BCUT2D eigenvalue weighted by atomic mass is 28.4. The van der Waals surface area contributed by atoms with Gasteiger partial charge in [0.05, 0.1) is 20.1 Å². The Morgan fingerprint density at radius 3 is 2.40 bits per heavy atom. The summed E-state index contributed by atoms with van der Waals surface area (Å²) in [4.78, 5) is 11.8. The molecule has 212 valence electrons. The van der Waals surface area contributed by atoms with E-state index in [2.05, 4.69) is 78.0 Å². The number of methoxy groups -OCH3 is 1. The number of rotatable bonds is 7. The van der Waals surface area contributed by atoms with Crippen molar-refractivity contribution in [3.8, 4) is 28.4 Å². The topological polar surface area (TPSA) is 54.0 Å². The Bertz CT molecular complexity index is 1410. The standard InChI is InChI=1S/C34H42O5Si/c1-21-16-25(39-40(7,8)34(3,4)5)17-22(2)33(21)29-11-9-10-28-27(29)14-15-30(28)38-24-12-13-26-23(18-32(35)36-6)20-37-31(26)19-24/h9-13,16-17,19,23,30H,14-15,18,20H2,1-8H3/t23?,30-/m1/s1. The third kappa shape index (κ3) is 5.38. The first-order valence-corrected chi connectivity index (χ1v) is 17.2. The average molecular weight is 559 g/mol. The highest BCUT2D eigenvalue weighted by Gasteiger charge is 2.39. The summed E-state index contributed by atoms with van der Waals surface area (Å²) < 4.78 is 23.9. The minimum absolute atomic E-state index is 0.0120. The molecule has 2 atom stereocenters. The second kappa shape index (κ2) is 10.6. The lowest BCUT2D eigenvalue weighted by Crippen LogP contribution is -2.43. The molecular weight excluding hydrogens is 516 g/mol. The maximum atomic E-state index is 11.8. The molecule has 6 heteroatoms. The third-order valence-electron chi connectivity index (χ3n) is 8.95. The van der Waals surface area contributed by atoms with Crippen LogP contribution in [-0.2, 0) is 16.0 Å². The van der Waals surface area contributed by atoms with Gasteiger partial charge in [-0.3, -0.25) is 4.79 Å². The molecule has 5 rings (SSSR count). The van der Waals surface area contributed by atoms with Crippen molar-refractivity contribution in [2.45, 2.75) is 84.0 Å². The molecule has 1 aliphatic heterocycles. The maximum Gasteiger partial charge on any atom is 0.306 e. The zero-order chi connectivity index (χ0) is 28.8.